The van der Waals surface area contributed by atoms with E-state index in [-0.39, 0.29) is 11.0 Å². The van der Waals surface area contributed by atoms with E-state index >= 15 is 0 Å². The first-order valence-electron chi connectivity index (χ1n) is 13.1. The van der Waals surface area contributed by atoms with Crippen LogP contribution in [0.15, 0.2) is 35.5 Å². The molecule has 240 valence electrons. The molecular formula is C24H27N9O10S2. The molecule has 2 aromatic heterocycles. The van der Waals surface area contributed by atoms with E-state index in [0.29, 0.717) is 33.9 Å². The van der Waals surface area contributed by atoms with Crippen LogP contribution in [0.3, 0.4) is 0 Å². The van der Waals surface area contributed by atoms with Crippen LogP contribution >= 0.6 is 11.5 Å². The van der Waals surface area contributed by atoms with Crippen molar-refractivity contribution in [3.63, 3.8) is 0 Å². The van der Waals surface area contributed by atoms with Crippen molar-refractivity contribution in [2.24, 2.45) is 5.16 Å². The number of amides is 2. The van der Waals surface area contributed by atoms with Crippen molar-refractivity contribution >= 4 is 67.3 Å². The number of nitrogens with one attached hydrogen (secondary N) is 3. The molecule has 2 amide bonds. The fourth-order valence-corrected chi connectivity index (χ4v) is 5.13. The van der Waals surface area contributed by atoms with Gasteiger partial charge in [-0.1, -0.05) is 5.16 Å². The molecule has 45 heavy (non-hydrogen) atoms. The normalized spacial score (nSPS) is 18.9. The van der Waals surface area contributed by atoms with Crippen LogP contribution in [-0.4, -0.2) is 104 Å². The van der Waals surface area contributed by atoms with Crippen molar-refractivity contribution in [2.45, 2.75) is 37.6 Å². The Hall–Kier alpha value is -4.70. The number of carboxylic acid groups (broad SMARTS) is 1. The number of benzene rings is 1. The zero-order valence-corrected chi connectivity index (χ0v) is 25.2. The van der Waals surface area contributed by atoms with Gasteiger partial charge in [0.2, 0.25) is 11.5 Å². The summed E-state index contributed by atoms with van der Waals surface area (Å²) in [7, 11) is -5.02. The molecule has 0 aliphatic carbocycles. The molecule has 1 aromatic carbocycles. The summed E-state index contributed by atoms with van der Waals surface area (Å²) in [6.07, 6.45) is -1.71. The number of hydroxylamine groups is 2. The molecule has 2 aliphatic heterocycles. The van der Waals surface area contributed by atoms with Gasteiger partial charge in [-0.05, 0) is 44.2 Å². The van der Waals surface area contributed by atoms with Crippen molar-refractivity contribution in [3.05, 3.63) is 36.2 Å². The summed E-state index contributed by atoms with van der Waals surface area (Å²) in [5.41, 5.74) is 4.25. The van der Waals surface area contributed by atoms with E-state index < -0.39 is 58.2 Å². The SMILES string of the molecule is CC1(C)[C@H](NC(=O)/C(=N\OC(COc2ccc3nc(NC4CNC4)ccc3c2)C(=O)O)c2nsc(N)n2)C(=O)N1OS(=O)(=O)O. The average molecular weight is 666 g/mol. The molecule has 0 radical (unpaired) electrons. The molecule has 4 heterocycles. The molecule has 5 rings (SSSR count). The van der Waals surface area contributed by atoms with Crippen LogP contribution in [0.4, 0.5) is 10.9 Å². The molecule has 2 saturated heterocycles. The Morgan fingerprint density at radius 2 is 2.02 bits per heavy atom. The molecule has 3 aromatic rings. The molecule has 21 heteroatoms. The summed E-state index contributed by atoms with van der Waals surface area (Å²) in [4.78, 5) is 51.2. The Morgan fingerprint density at radius 3 is 2.62 bits per heavy atom. The summed E-state index contributed by atoms with van der Waals surface area (Å²) < 4.78 is 44.9. The minimum atomic E-state index is -5.02. The quantitative estimate of drug-likeness (QED) is 0.0561. The predicted octanol–water partition coefficient (Wildman–Crippen LogP) is -0.855. The number of aromatic nitrogens is 3. The molecule has 19 nitrogen and oxygen atoms in total. The minimum absolute atomic E-state index is 0.0508. The van der Waals surface area contributed by atoms with Gasteiger partial charge in [0.25, 0.3) is 17.9 Å². The van der Waals surface area contributed by atoms with E-state index in [9.17, 15) is 27.9 Å². The standard InChI is InChI=1S/C24H27N9O10S2/c1-24(2)18(21(35)33(24)43-45(38,39)40)29-20(34)17(19-30-23(25)44-32-19)31-42-15(22(36)37)10-41-13-4-5-14-11(7-13)3-6-16(28-14)27-12-8-26-9-12/h3-7,12,15,18,26H,8-10H2,1-2H3,(H,27,28)(H,29,34)(H,36,37)(H2,25,30,32)(H,38,39,40)/b31-17-/t15?,18-/m1/s1. The van der Waals surface area contributed by atoms with Crippen LogP contribution in [0.1, 0.15) is 19.7 Å². The lowest BCUT2D eigenvalue weighted by Gasteiger charge is -2.50. The number of aliphatic carboxylic acids is 1. The Kier molecular flexibility index (Phi) is 8.71. The summed E-state index contributed by atoms with van der Waals surface area (Å²) >= 11 is 0.710. The molecule has 0 spiro atoms. The van der Waals surface area contributed by atoms with Crippen LogP contribution in [0.2, 0.25) is 0 Å². The van der Waals surface area contributed by atoms with E-state index in [1.54, 1.807) is 18.2 Å². The molecule has 0 saturated carbocycles. The molecule has 2 fully saturated rings. The number of nitrogen functional groups attached to an aromatic ring is 1. The third kappa shape index (κ3) is 7.17. The Morgan fingerprint density at radius 1 is 1.27 bits per heavy atom. The number of pyridine rings is 1. The molecule has 0 bridgehead atoms. The van der Waals surface area contributed by atoms with Gasteiger partial charge in [0.05, 0.1) is 17.1 Å². The van der Waals surface area contributed by atoms with Gasteiger partial charge in [0.15, 0.2) is 5.13 Å². The van der Waals surface area contributed by atoms with Gasteiger partial charge in [0.1, 0.15) is 24.2 Å². The van der Waals surface area contributed by atoms with E-state index in [4.69, 9.17) is 19.9 Å². The maximum Gasteiger partial charge on any atom is 0.418 e. The van der Waals surface area contributed by atoms with Gasteiger partial charge >= 0.3 is 16.4 Å². The number of anilines is 2. The van der Waals surface area contributed by atoms with Crippen molar-refractivity contribution in [3.8, 4) is 5.75 Å². The molecular weight excluding hydrogens is 638 g/mol. The number of nitrogens with two attached hydrogens (primary N) is 1. The highest BCUT2D eigenvalue weighted by molar-refractivity contribution is 7.80. The zero-order valence-electron chi connectivity index (χ0n) is 23.5. The van der Waals surface area contributed by atoms with E-state index in [2.05, 4.69) is 39.7 Å². The average Bonchev–Trinajstić information content (AvgIpc) is 3.38. The van der Waals surface area contributed by atoms with Crippen LogP contribution in [0.25, 0.3) is 10.9 Å². The predicted molar refractivity (Wildman–Crippen MR) is 156 cm³/mol. The second-order valence-corrected chi connectivity index (χ2v) is 12.2. The van der Waals surface area contributed by atoms with E-state index in [0.717, 1.165) is 24.3 Å². The van der Waals surface area contributed by atoms with Crippen LogP contribution < -0.4 is 26.4 Å². The van der Waals surface area contributed by atoms with Gasteiger partial charge in [-0.15, -0.1) is 4.28 Å². The lowest BCUT2D eigenvalue weighted by Crippen LogP contribution is -2.76. The number of β-lactam (4-membered cyclic amide) rings is 1. The lowest BCUT2D eigenvalue weighted by molar-refractivity contribution is -0.218. The van der Waals surface area contributed by atoms with Crippen molar-refractivity contribution < 1.29 is 46.3 Å². The number of hydrogen-bond acceptors (Lipinski definition) is 16. The third-order valence-electron chi connectivity index (χ3n) is 6.73. The number of ether oxygens (including phenoxy) is 1. The second-order valence-electron chi connectivity index (χ2n) is 10.4. The second kappa shape index (κ2) is 12.4. The maximum absolute atomic E-state index is 13.2. The monoisotopic (exact) mass is 665 g/mol. The first-order valence-corrected chi connectivity index (χ1v) is 15.2. The summed E-state index contributed by atoms with van der Waals surface area (Å²) in [6, 6.07) is 7.64. The number of rotatable bonds is 13. The molecule has 2 atom stereocenters. The van der Waals surface area contributed by atoms with E-state index in [1.165, 1.54) is 13.8 Å². The van der Waals surface area contributed by atoms with Gasteiger partial charge in [-0.2, -0.15) is 22.8 Å². The van der Waals surface area contributed by atoms with Crippen molar-refractivity contribution in [1.29, 1.82) is 0 Å². The van der Waals surface area contributed by atoms with Crippen LogP contribution in [-0.2, 0) is 33.9 Å². The molecule has 2 aliphatic rings. The Balaban J connectivity index is 1.27. The number of oxime groups is 1. The number of fused-ring (bicyclic) bond motifs is 1. The van der Waals surface area contributed by atoms with Gasteiger partial charge < -0.3 is 36.4 Å². The van der Waals surface area contributed by atoms with Gasteiger partial charge in [0, 0.05) is 30.0 Å². The number of hydrogen-bond donors (Lipinski definition) is 6. The fraction of sp³-hybridized carbons (Fsp3) is 0.375. The van der Waals surface area contributed by atoms with Crippen LogP contribution in [0, 0.1) is 0 Å². The summed E-state index contributed by atoms with van der Waals surface area (Å²) in [5.74, 6) is -2.85. The highest BCUT2D eigenvalue weighted by Crippen LogP contribution is 2.33. The lowest BCUT2D eigenvalue weighted by atomic mass is 9.84. The molecule has 1 unspecified atom stereocenters. The van der Waals surface area contributed by atoms with Crippen molar-refractivity contribution in [2.75, 3.05) is 30.7 Å². The largest absolute Gasteiger partial charge is 0.489 e. The third-order valence-corrected chi connectivity index (χ3v) is 7.61. The first kappa shape index (κ1) is 31.7. The van der Waals surface area contributed by atoms with E-state index in [1.807, 2.05) is 12.1 Å². The smallest absolute Gasteiger partial charge is 0.418 e. The maximum atomic E-state index is 13.2. The van der Waals surface area contributed by atoms with Gasteiger partial charge in [-0.3, -0.25) is 14.1 Å². The highest BCUT2D eigenvalue weighted by Gasteiger charge is 2.58. The number of carboxylic acids is 1. The number of carbonyl (C=O) groups is 3. The Labute approximate surface area is 258 Å². The minimum Gasteiger partial charge on any atom is -0.489 e. The topological polar surface area (TPSA) is 270 Å². The Bertz CT molecular complexity index is 1780. The van der Waals surface area contributed by atoms with Crippen molar-refractivity contribution in [1.82, 2.24) is 30.0 Å². The van der Waals surface area contributed by atoms with Crippen LogP contribution in [0.5, 0.6) is 5.75 Å². The highest BCUT2D eigenvalue weighted by atomic mass is 32.3. The first-order chi connectivity index (χ1) is 21.2. The fourth-order valence-electron chi connectivity index (χ4n) is 4.24. The zero-order chi connectivity index (χ0) is 32.5. The summed E-state index contributed by atoms with van der Waals surface area (Å²) in [6.45, 7) is 3.89. The summed E-state index contributed by atoms with van der Waals surface area (Å²) in [5, 5.41) is 23.2. The number of carbonyl (C=O) groups excluding carboxylic acids is 2. The van der Waals surface area contributed by atoms with Gasteiger partial charge in [-0.25, -0.2) is 9.78 Å². The number of nitrogens with zero attached hydrogens (tertiary/aromatic N) is 5. The molecule has 7 N–H and O–H groups in total.